The largest absolute Gasteiger partial charge is 0.481 e. The fourth-order valence-electron chi connectivity index (χ4n) is 1.39. The van der Waals surface area contributed by atoms with E-state index in [0.717, 1.165) is 0 Å². The lowest BCUT2D eigenvalue weighted by atomic mass is 9.97. The fraction of sp³-hybridized carbons (Fsp3) is 0.364. The molecule has 0 amide bonds. The van der Waals surface area contributed by atoms with Gasteiger partial charge in [-0.2, -0.15) is 0 Å². The van der Waals surface area contributed by atoms with Gasteiger partial charge < -0.3 is 9.84 Å². The van der Waals surface area contributed by atoms with Crippen LogP contribution in [-0.2, 0) is 14.3 Å². The molecule has 1 aromatic rings. The van der Waals surface area contributed by atoms with Crippen LogP contribution in [0.1, 0.15) is 24.5 Å². The highest BCUT2D eigenvalue weighted by molar-refractivity contribution is 5.73. The van der Waals surface area contributed by atoms with Gasteiger partial charge in [0.1, 0.15) is 0 Å². The Labute approximate surface area is 93.1 Å². The van der Waals surface area contributed by atoms with Gasteiger partial charge in [0.2, 0.25) is 0 Å². The molecule has 5 heteroatoms. The van der Waals surface area contributed by atoms with Gasteiger partial charge in [0, 0.05) is 17.8 Å². The summed E-state index contributed by atoms with van der Waals surface area (Å²) in [4.78, 5) is 25.9. The van der Waals surface area contributed by atoms with Crippen LogP contribution < -0.4 is 0 Å². The summed E-state index contributed by atoms with van der Waals surface area (Å²) in [5.41, 5.74) is 0.593. The Balaban J connectivity index is 2.79. The Hall–Kier alpha value is -1.91. The van der Waals surface area contributed by atoms with Crippen molar-refractivity contribution in [1.82, 2.24) is 4.98 Å². The maximum absolute atomic E-state index is 11.1. The van der Waals surface area contributed by atoms with Crippen molar-refractivity contribution >= 4 is 11.9 Å². The molecule has 0 saturated heterocycles. The Morgan fingerprint density at radius 1 is 1.44 bits per heavy atom. The van der Waals surface area contributed by atoms with Gasteiger partial charge in [0.25, 0.3) is 0 Å². The number of carboxylic acids is 1. The molecule has 1 aromatic heterocycles. The number of hydrogen-bond acceptors (Lipinski definition) is 4. The first-order valence-electron chi connectivity index (χ1n) is 4.83. The number of aliphatic carboxylic acids is 1. The number of rotatable bonds is 5. The van der Waals surface area contributed by atoms with Crippen LogP contribution in [-0.4, -0.2) is 29.1 Å². The average Bonchev–Trinajstić information content (AvgIpc) is 2.28. The molecule has 1 atom stereocenters. The standard InChI is InChI=1S/C11H13NO4/c1-16-11(15)7-8(6-10(13)14)9-4-2-3-5-12-9/h2-5,8H,6-7H2,1H3,(H,13,14). The second-order valence-electron chi connectivity index (χ2n) is 3.33. The number of aromatic nitrogens is 1. The van der Waals surface area contributed by atoms with Gasteiger partial charge in [0.15, 0.2) is 0 Å². The Kier molecular flexibility index (Phi) is 4.44. The third-order valence-corrected chi connectivity index (χ3v) is 2.17. The van der Waals surface area contributed by atoms with E-state index >= 15 is 0 Å². The number of carbonyl (C=O) groups excluding carboxylic acids is 1. The van der Waals surface area contributed by atoms with Crippen molar-refractivity contribution in [3.63, 3.8) is 0 Å². The average molecular weight is 223 g/mol. The maximum atomic E-state index is 11.1. The smallest absolute Gasteiger partial charge is 0.306 e. The molecule has 1 rings (SSSR count). The van der Waals surface area contributed by atoms with Gasteiger partial charge in [-0.3, -0.25) is 14.6 Å². The molecule has 86 valence electrons. The summed E-state index contributed by atoms with van der Waals surface area (Å²) in [6, 6.07) is 5.20. The Bertz CT molecular complexity index is 364. The number of pyridine rings is 1. The second-order valence-corrected chi connectivity index (χ2v) is 3.33. The molecule has 0 radical (unpaired) electrons. The predicted molar refractivity (Wildman–Crippen MR) is 55.9 cm³/mol. The van der Waals surface area contributed by atoms with E-state index in [-0.39, 0.29) is 12.8 Å². The van der Waals surface area contributed by atoms with E-state index in [4.69, 9.17) is 5.11 Å². The summed E-state index contributed by atoms with van der Waals surface area (Å²) in [5.74, 6) is -1.83. The van der Waals surface area contributed by atoms with Crippen molar-refractivity contribution in [2.75, 3.05) is 7.11 Å². The highest BCUT2D eigenvalue weighted by atomic mass is 16.5. The number of carbonyl (C=O) groups is 2. The van der Waals surface area contributed by atoms with Crippen LogP contribution >= 0.6 is 0 Å². The van der Waals surface area contributed by atoms with Crippen molar-refractivity contribution < 1.29 is 19.4 Å². The third kappa shape index (κ3) is 3.68. The van der Waals surface area contributed by atoms with Crippen LogP contribution in [0.2, 0.25) is 0 Å². The number of esters is 1. The van der Waals surface area contributed by atoms with Crippen molar-refractivity contribution in [1.29, 1.82) is 0 Å². The normalized spacial score (nSPS) is 11.8. The molecule has 1 unspecified atom stereocenters. The van der Waals surface area contributed by atoms with Crippen LogP contribution in [0.4, 0.5) is 0 Å². The van der Waals surface area contributed by atoms with Gasteiger partial charge >= 0.3 is 11.9 Å². The van der Waals surface area contributed by atoms with Crippen LogP contribution in [0.5, 0.6) is 0 Å². The quantitative estimate of drug-likeness (QED) is 0.759. The number of hydrogen-bond donors (Lipinski definition) is 1. The fourth-order valence-corrected chi connectivity index (χ4v) is 1.39. The zero-order chi connectivity index (χ0) is 12.0. The molecule has 1 N–H and O–H groups in total. The molecular formula is C11H13NO4. The molecular weight excluding hydrogens is 210 g/mol. The zero-order valence-corrected chi connectivity index (χ0v) is 8.92. The minimum atomic E-state index is -0.959. The highest BCUT2D eigenvalue weighted by Gasteiger charge is 2.20. The summed E-state index contributed by atoms with van der Waals surface area (Å²) in [7, 11) is 1.28. The van der Waals surface area contributed by atoms with E-state index in [1.807, 2.05) is 0 Å². The first-order valence-corrected chi connectivity index (χ1v) is 4.83. The summed E-state index contributed by atoms with van der Waals surface area (Å²) < 4.78 is 4.52. The van der Waals surface area contributed by atoms with E-state index < -0.39 is 17.9 Å². The molecule has 0 fully saturated rings. The second kappa shape index (κ2) is 5.85. The minimum Gasteiger partial charge on any atom is -0.481 e. The van der Waals surface area contributed by atoms with Crippen molar-refractivity contribution in [2.45, 2.75) is 18.8 Å². The first kappa shape index (κ1) is 12.2. The molecule has 0 aromatic carbocycles. The van der Waals surface area contributed by atoms with Crippen molar-refractivity contribution in [3.8, 4) is 0 Å². The Morgan fingerprint density at radius 3 is 2.69 bits per heavy atom. The van der Waals surface area contributed by atoms with Crippen LogP contribution in [0.15, 0.2) is 24.4 Å². The van der Waals surface area contributed by atoms with Crippen molar-refractivity contribution in [2.24, 2.45) is 0 Å². The van der Waals surface area contributed by atoms with E-state index in [9.17, 15) is 9.59 Å². The highest BCUT2D eigenvalue weighted by Crippen LogP contribution is 2.21. The number of methoxy groups -OCH3 is 1. The topological polar surface area (TPSA) is 76.5 Å². The molecule has 0 spiro atoms. The van der Waals surface area contributed by atoms with Crippen molar-refractivity contribution in [3.05, 3.63) is 30.1 Å². The molecule has 5 nitrogen and oxygen atoms in total. The van der Waals surface area contributed by atoms with Crippen LogP contribution in [0.25, 0.3) is 0 Å². The lowest BCUT2D eigenvalue weighted by Gasteiger charge is -2.12. The zero-order valence-electron chi connectivity index (χ0n) is 8.92. The summed E-state index contributed by atoms with van der Waals surface area (Å²) in [6.07, 6.45) is 1.47. The third-order valence-electron chi connectivity index (χ3n) is 2.17. The molecule has 0 aliphatic rings. The molecule has 0 aliphatic carbocycles. The first-order chi connectivity index (χ1) is 7.63. The van der Waals surface area contributed by atoms with Crippen LogP contribution in [0, 0.1) is 0 Å². The number of ether oxygens (including phenoxy) is 1. The molecule has 0 aliphatic heterocycles. The maximum Gasteiger partial charge on any atom is 0.306 e. The van der Waals surface area contributed by atoms with Gasteiger partial charge in [-0.05, 0) is 12.1 Å². The minimum absolute atomic E-state index is 0.0276. The lowest BCUT2D eigenvalue weighted by Crippen LogP contribution is -2.13. The SMILES string of the molecule is COC(=O)CC(CC(=O)O)c1ccccn1. The monoisotopic (exact) mass is 223 g/mol. The summed E-state index contributed by atoms with van der Waals surface area (Å²) >= 11 is 0. The van der Waals surface area contributed by atoms with Crippen LogP contribution in [0.3, 0.4) is 0 Å². The van der Waals surface area contributed by atoms with E-state index in [0.29, 0.717) is 5.69 Å². The lowest BCUT2D eigenvalue weighted by molar-refractivity contribution is -0.141. The Morgan fingerprint density at radius 2 is 2.19 bits per heavy atom. The van der Waals surface area contributed by atoms with Gasteiger partial charge in [-0.25, -0.2) is 0 Å². The van der Waals surface area contributed by atoms with E-state index in [2.05, 4.69) is 9.72 Å². The summed E-state index contributed by atoms with van der Waals surface area (Å²) in [6.45, 7) is 0. The van der Waals surface area contributed by atoms with E-state index in [1.165, 1.54) is 7.11 Å². The number of nitrogens with zero attached hydrogens (tertiary/aromatic N) is 1. The number of carboxylic acid groups (broad SMARTS) is 1. The molecule has 0 bridgehead atoms. The molecule has 16 heavy (non-hydrogen) atoms. The van der Waals surface area contributed by atoms with Gasteiger partial charge in [-0.1, -0.05) is 6.07 Å². The molecule has 0 saturated carbocycles. The van der Waals surface area contributed by atoms with Gasteiger partial charge in [0.05, 0.1) is 20.0 Å². The predicted octanol–water partition coefficient (Wildman–Crippen LogP) is 1.20. The van der Waals surface area contributed by atoms with Gasteiger partial charge in [-0.15, -0.1) is 0 Å². The molecule has 1 heterocycles. The van der Waals surface area contributed by atoms with E-state index in [1.54, 1.807) is 24.4 Å². The summed E-state index contributed by atoms with van der Waals surface area (Å²) in [5, 5.41) is 8.75.